The minimum atomic E-state index is -1.52. The summed E-state index contributed by atoms with van der Waals surface area (Å²) in [5.41, 5.74) is 2.02. The molecule has 1 aromatic rings. The van der Waals surface area contributed by atoms with E-state index in [9.17, 15) is 15.0 Å². The van der Waals surface area contributed by atoms with E-state index in [0.29, 0.717) is 5.56 Å². The highest BCUT2D eigenvalue weighted by Crippen LogP contribution is 2.19. The SMILES string of the molecule is CCCc1ccc(C(O)O)cc1/C=C/C=C/C=C(\C#N)C(=O)O. The fraction of sp³-hybridized carbons (Fsp3) is 0.222. The van der Waals surface area contributed by atoms with Gasteiger partial charge in [0.15, 0.2) is 6.29 Å². The zero-order chi connectivity index (χ0) is 17.2. The van der Waals surface area contributed by atoms with Crippen molar-refractivity contribution in [2.75, 3.05) is 0 Å². The summed E-state index contributed by atoms with van der Waals surface area (Å²) in [6.45, 7) is 2.06. The normalized spacial score (nSPS) is 12.2. The molecule has 23 heavy (non-hydrogen) atoms. The van der Waals surface area contributed by atoms with E-state index in [1.165, 1.54) is 12.2 Å². The number of carbonyl (C=O) groups is 1. The van der Waals surface area contributed by atoms with Gasteiger partial charge < -0.3 is 15.3 Å². The van der Waals surface area contributed by atoms with Crippen LogP contribution in [-0.4, -0.2) is 21.3 Å². The number of rotatable bonds is 7. The van der Waals surface area contributed by atoms with Crippen LogP contribution in [0.4, 0.5) is 0 Å². The molecule has 0 fully saturated rings. The fourth-order valence-electron chi connectivity index (χ4n) is 1.96. The Morgan fingerprint density at radius 1 is 1.30 bits per heavy atom. The van der Waals surface area contributed by atoms with E-state index < -0.39 is 12.3 Å². The molecule has 0 amide bonds. The molecular formula is C18H19NO4. The van der Waals surface area contributed by atoms with Gasteiger partial charge in [-0.1, -0.05) is 49.8 Å². The van der Waals surface area contributed by atoms with Gasteiger partial charge >= 0.3 is 5.97 Å². The number of allylic oxidation sites excluding steroid dienone is 4. The maximum Gasteiger partial charge on any atom is 0.346 e. The molecular weight excluding hydrogens is 294 g/mol. The molecule has 0 saturated heterocycles. The number of hydrogen-bond acceptors (Lipinski definition) is 4. The molecule has 1 rings (SSSR count). The molecule has 0 heterocycles. The van der Waals surface area contributed by atoms with E-state index in [4.69, 9.17) is 10.4 Å². The standard InChI is InChI=1S/C18H19NO4/c1-2-6-13-9-10-15(17(20)21)11-14(13)7-4-3-5-8-16(12-19)18(22)23/h3-5,7-11,17,20-21H,2,6H2,1H3,(H,22,23)/b5-3+,7-4+,16-8+. The first-order valence-electron chi connectivity index (χ1n) is 7.17. The Kier molecular flexibility index (Phi) is 7.48. The van der Waals surface area contributed by atoms with Crippen LogP contribution in [0.5, 0.6) is 0 Å². The largest absolute Gasteiger partial charge is 0.477 e. The molecule has 5 nitrogen and oxygen atoms in total. The number of benzene rings is 1. The van der Waals surface area contributed by atoms with Gasteiger partial charge in [-0.25, -0.2) is 4.79 Å². The maximum atomic E-state index is 10.6. The summed E-state index contributed by atoms with van der Waals surface area (Å²) < 4.78 is 0. The molecule has 0 aliphatic carbocycles. The van der Waals surface area contributed by atoms with Gasteiger partial charge in [-0.2, -0.15) is 5.26 Å². The lowest BCUT2D eigenvalue weighted by Gasteiger charge is -2.09. The van der Waals surface area contributed by atoms with Gasteiger partial charge in [-0.05, 0) is 29.7 Å². The van der Waals surface area contributed by atoms with Crippen LogP contribution in [0.15, 0.2) is 48.1 Å². The van der Waals surface area contributed by atoms with Crippen molar-refractivity contribution in [3.63, 3.8) is 0 Å². The lowest BCUT2D eigenvalue weighted by molar-refractivity contribution is -0.132. The van der Waals surface area contributed by atoms with Crippen molar-refractivity contribution in [1.82, 2.24) is 0 Å². The van der Waals surface area contributed by atoms with Crippen molar-refractivity contribution >= 4 is 12.0 Å². The number of carboxylic acid groups (broad SMARTS) is 1. The van der Waals surface area contributed by atoms with Crippen molar-refractivity contribution in [3.8, 4) is 6.07 Å². The van der Waals surface area contributed by atoms with Crippen molar-refractivity contribution in [2.45, 2.75) is 26.1 Å². The van der Waals surface area contributed by atoms with E-state index in [-0.39, 0.29) is 5.57 Å². The molecule has 0 atom stereocenters. The Bertz CT molecular complexity index is 679. The molecule has 0 spiro atoms. The Balaban J connectivity index is 2.96. The predicted molar refractivity (Wildman–Crippen MR) is 87.1 cm³/mol. The number of hydrogen-bond donors (Lipinski definition) is 3. The second kappa shape index (κ2) is 9.36. The third kappa shape index (κ3) is 5.91. The third-order valence-electron chi connectivity index (χ3n) is 3.10. The van der Waals surface area contributed by atoms with Gasteiger partial charge in [-0.15, -0.1) is 0 Å². The first-order chi connectivity index (χ1) is 11.0. The van der Waals surface area contributed by atoms with Crippen molar-refractivity contribution in [3.05, 3.63) is 64.8 Å². The number of nitrogens with zero attached hydrogens (tertiary/aromatic N) is 1. The topological polar surface area (TPSA) is 102 Å². The minimum absolute atomic E-state index is 0.341. The average molecular weight is 313 g/mol. The smallest absolute Gasteiger partial charge is 0.346 e. The van der Waals surface area contributed by atoms with Crippen molar-refractivity contribution in [2.24, 2.45) is 0 Å². The Morgan fingerprint density at radius 2 is 2.04 bits per heavy atom. The highest BCUT2D eigenvalue weighted by Gasteiger charge is 2.06. The van der Waals surface area contributed by atoms with Crippen LogP contribution in [0.3, 0.4) is 0 Å². The molecule has 0 radical (unpaired) electrons. The Labute approximate surface area is 135 Å². The first-order valence-corrected chi connectivity index (χ1v) is 7.17. The summed E-state index contributed by atoms with van der Waals surface area (Å²) in [7, 11) is 0. The number of aliphatic hydroxyl groups is 2. The van der Waals surface area contributed by atoms with Gasteiger partial charge in [0.1, 0.15) is 11.6 Å². The van der Waals surface area contributed by atoms with E-state index >= 15 is 0 Å². The molecule has 5 heteroatoms. The summed E-state index contributed by atoms with van der Waals surface area (Å²) in [6.07, 6.45) is 8.10. The van der Waals surface area contributed by atoms with Crippen LogP contribution in [0.2, 0.25) is 0 Å². The average Bonchev–Trinajstić information content (AvgIpc) is 2.51. The lowest BCUT2D eigenvalue weighted by Crippen LogP contribution is -1.97. The second-order valence-corrected chi connectivity index (χ2v) is 4.82. The van der Waals surface area contributed by atoms with E-state index in [0.717, 1.165) is 24.0 Å². The van der Waals surface area contributed by atoms with Crippen LogP contribution in [0, 0.1) is 11.3 Å². The number of aryl methyl sites for hydroxylation is 1. The molecule has 120 valence electrons. The first kappa shape index (κ1) is 18.4. The van der Waals surface area contributed by atoms with Crippen molar-refractivity contribution < 1.29 is 20.1 Å². The van der Waals surface area contributed by atoms with Crippen LogP contribution >= 0.6 is 0 Å². The van der Waals surface area contributed by atoms with Crippen LogP contribution < -0.4 is 0 Å². The van der Waals surface area contributed by atoms with Crippen LogP contribution in [0.1, 0.15) is 36.3 Å². The zero-order valence-electron chi connectivity index (χ0n) is 12.8. The molecule has 1 aromatic carbocycles. The van der Waals surface area contributed by atoms with Gasteiger partial charge in [0.2, 0.25) is 0 Å². The zero-order valence-corrected chi connectivity index (χ0v) is 12.8. The van der Waals surface area contributed by atoms with Crippen molar-refractivity contribution in [1.29, 1.82) is 5.26 Å². The quantitative estimate of drug-likeness (QED) is 0.311. The van der Waals surface area contributed by atoms with Gasteiger partial charge in [0, 0.05) is 5.56 Å². The van der Waals surface area contributed by atoms with E-state index in [2.05, 4.69) is 6.92 Å². The van der Waals surface area contributed by atoms with E-state index in [1.54, 1.807) is 36.4 Å². The lowest BCUT2D eigenvalue weighted by atomic mass is 9.99. The van der Waals surface area contributed by atoms with Crippen LogP contribution in [-0.2, 0) is 11.2 Å². The summed E-state index contributed by atoms with van der Waals surface area (Å²) in [5, 5.41) is 35.8. The molecule has 0 aliphatic rings. The maximum absolute atomic E-state index is 10.6. The third-order valence-corrected chi connectivity index (χ3v) is 3.10. The Hall–Kier alpha value is -2.68. The van der Waals surface area contributed by atoms with Gasteiger partial charge in [0.25, 0.3) is 0 Å². The summed E-state index contributed by atoms with van der Waals surface area (Å²) in [6, 6.07) is 6.83. The summed E-state index contributed by atoms with van der Waals surface area (Å²) in [4.78, 5) is 10.6. The van der Waals surface area contributed by atoms with Gasteiger partial charge in [0.05, 0.1) is 0 Å². The number of carboxylic acids is 1. The number of aliphatic carboxylic acids is 1. The minimum Gasteiger partial charge on any atom is -0.477 e. The summed E-state index contributed by atoms with van der Waals surface area (Å²) >= 11 is 0. The molecule has 3 N–H and O–H groups in total. The molecule has 0 unspecified atom stereocenters. The molecule has 0 aliphatic heterocycles. The van der Waals surface area contributed by atoms with Crippen LogP contribution in [0.25, 0.3) is 6.08 Å². The van der Waals surface area contributed by atoms with Gasteiger partial charge in [-0.3, -0.25) is 0 Å². The highest BCUT2D eigenvalue weighted by atomic mass is 16.5. The second-order valence-electron chi connectivity index (χ2n) is 4.82. The van der Waals surface area contributed by atoms with E-state index in [1.807, 2.05) is 6.07 Å². The molecule has 0 saturated carbocycles. The fourth-order valence-corrected chi connectivity index (χ4v) is 1.96. The molecule has 0 bridgehead atoms. The molecule has 0 aromatic heterocycles. The predicted octanol–water partition coefficient (Wildman–Crippen LogP) is 2.73. The highest BCUT2D eigenvalue weighted by molar-refractivity contribution is 5.91. The monoisotopic (exact) mass is 313 g/mol. The Morgan fingerprint density at radius 3 is 2.61 bits per heavy atom. The summed E-state index contributed by atoms with van der Waals surface area (Å²) in [5.74, 6) is -1.27. The number of nitriles is 1. The number of aliphatic hydroxyl groups excluding tert-OH is 1.